The molecule has 0 spiro atoms. The van der Waals surface area contributed by atoms with E-state index in [4.69, 9.17) is 14.2 Å². The van der Waals surface area contributed by atoms with Gasteiger partial charge in [-0.05, 0) is 12.0 Å². The molecule has 4 nitrogen and oxygen atoms in total. The van der Waals surface area contributed by atoms with Crippen molar-refractivity contribution in [2.24, 2.45) is 11.8 Å². The second kappa shape index (κ2) is 11.0. The third kappa shape index (κ3) is 7.44. The standard InChI is InChI=1S/C19H28O4/c1-5-18(6-2)19(23-16(4)20)15(3)12-21-14-22-13-17-10-8-7-9-11-17/h5,7-11,15,18-19H,1,6,12-14H2,2-4H3/t15-,18+,19-/m0/s1. The van der Waals surface area contributed by atoms with Crippen molar-refractivity contribution < 1.29 is 19.0 Å². The number of carbonyl (C=O) groups excluding carboxylic acids is 1. The zero-order chi connectivity index (χ0) is 17.1. The van der Waals surface area contributed by atoms with Gasteiger partial charge >= 0.3 is 5.97 Å². The van der Waals surface area contributed by atoms with Crippen molar-refractivity contribution in [3.05, 3.63) is 48.6 Å². The van der Waals surface area contributed by atoms with Gasteiger partial charge in [0.15, 0.2) is 0 Å². The second-order valence-corrected chi connectivity index (χ2v) is 5.68. The van der Waals surface area contributed by atoms with E-state index in [0.29, 0.717) is 13.2 Å². The van der Waals surface area contributed by atoms with E-state index in [1.54, 1.807) is 0 Å². The molecule has 0 saturated carbocycles. The van der Waals surface area contributed by atoms with Gasteiger partial charge in [-0.1, -0.05) is 50.3 Å². The fourth-order valence-electron chi connectivity index (χ4n) is 2.47. The smallest absolute Gasteiger partial charge is 0.302 e. The second-order valence-electron chi connectivity index (χ2n) is 5.68. The average Bonchev–Trinajstić information content (AvgIpc) is 2.55. The van der Waals surface area contributed by atoms with Crippen molar-refractivity contribution in [1.29, 1.82) is 0 Å². The van der Waals surface area contributed by atoms with Crippen molar-refractivity contribution in [3.63, 3.8) is 0 Å². The highest BCUT2D eigenvalue weighted by Gasteiger charge is 2.26. The van der Waals surface area contributed by atoms with Crippen LogP contribution in [0, 0.1) is 11.8 Å². The zero-order valence-electron chi connectivity index (χ0n) is 14.4. The molecule has 0 aromatic heterocycles. The Kier molecular flexibility index (Phi) is 9.25. The van der Waals surface area contributed by atoms with Crippen LogP contribution in [-0.4, -0.2) is 25.5 Å². The summed E-state index contributed by atoms with van der Waals surface area (Å²) in [4.78, 5) is 11.3. The Hall–Kier alpha value is -1.65. The molecular formula is C19H28O4. The summed E-state index contributed by atoms with van der Waals surface area (Å²) in [6.45, 7) is 10.5. The van der Waals surface area contributed by atoms with Crippen molar-refractivity contribution in [3.8, 4) is 0 Å². The maximum Gasteiger partial charge on any atom is 0.302 e. The van der Waals surface area contributed by atoms with Gasteiger partial charge < -0.3 is 14.2 Å². The normalized spacial score (nSPS) is 14.7. The van der Waals surface area contributed by atoms with Crippen molar-refractivity contribution in [2.75, 3.05) is 13.4 Å². The first kappa shape index (κ1) is 19.4. The van der Waals surface area contributed by atoms with Gasteiger partial charge in [-0.2, -0.15) is 0 Å². The summed E-state index contributed by atoms with van der Waals surface area (Å²) in [7, 11) is 0. The molecule has 3 atom stereocenters. The van der Waals surface area contributed by atoms with Gasteiger partial charge in [0.05, 0.1) is 13.2 Å². The van der Waals surface area contributed by atoms with Crippen LogP contribution >= 0.6 is 0 Å². The highest BCUT2D eigenvalue weighted by Crippen LogP contribution is 2.22. The third-order valence-electron chi connectivity index (χ3n) is 3.72. The Labute approximate surface area is 139 Å². The van der Waals surface area contributed by atoms with E-state index in [1.807, 2.05) is 43.3 Å². The fourth-order valence-corrected chi connectivity index (χ4v) is 2.47. The van der Waals surface area contributed by atoms with Gasteiger partial charge in [0, 0.05) is 18.8 Å². The van der Waals surface area contributed by atoms with Crippen LogP contribution in [0.1, 0.15) is 32.8 Å². The topological polar surface area (TPSA) is 44.8 Å². The Morgan fingerprint density at radius 2 is 1.96 bits per heavy atom. The van der Waals surface area contributed by atoms with Gasteiger partial charge in [-0.3, -0.25) is 4.79 Å². The minimum absolute atomic E-state index is 0.0715. The van der Waals surface area contributed by atoms with Crippen LogP contribution in [-0.2, 0) is 25.6 Å². The average molecular weight is 320 g/mol. The van der Waals surface area contributed by atoms with Crippen molar-refractivity contribution in [1.82, 2.24) is 0 Å². The molecule has 0 unspecified atom stereocenters. The minimum Gasteiger partial charge on any atom is -0.462 e. The van der Waals surface area contributed by atoms with Crippen LogP contribution in [0.15, 0.2) is 43.0 Å². The van der Waals surface area contributed by atoms with Crippen LogP contribution in [0.25, 0.3) is 0 Å². The molecule has 23 heavy (non-hydrogen) atoms. The molecule has 0 radical (unpaired) electrons. The minimum atomic E-state index is -0.275. The first-order valence-electron chi connectivity index (χ1n) is 8.07. The SMILES string of the molecule is C=C[C@H](CC)[C@@H](OC(C)=O)[C@@H](C)COCOCc1ccccc1. The molecule has 0 N–H and O–H groups in total. The molecule has 0 heterocycles. The predicted octanol–water partition coefficient (Wildman–Crippen LogP) is 3.96. The molecule has 128 valence electrons. The van der Waals surface area contributed by atoms with Crippen molar-refractivity contribution >= 4 is 5.97 Å². The molecule has 0 saturated heterocycles. The van der Waals surface area contributed by atoms with E-state index in [-0.39, 0.29) is 30.7 Å². The quantitative estimate of drug-likeness (QED) is 0.268. The maximum atomic E-state index is 11.3. The van der Waals surface area contributed by atoms with E-state index < -0.39 is 0 Å². The molecule has 4 heteroatoms. The number of hydrogen-bond donors (Lipinski definition) is 0. The number of ether oxygens (including phenoxy) is 3. The Morgan fingerprint density at radius 1 is 1.26 bits per heavy atom. The highest BCUT2D eigenvalue weighted by molar-refractivity contribution is 5.66. The van der Waals surface area contributed by atoms with Crippen LogP contribution < -0.4 is 0 Å². The molecule has 0 aliphatic rings. The van der Waals surface area contributed by atoms with Gasteiger partial charge in [0.1, 0.15) is 12.9 Å². The molecule has 0 bridgehead atoms. The largest absolute Gasteiger partial charge is 0.462 e. The number of esters is 1. The third-order valence-corrected chi connectivity index (χ3v) is 3.72. The van der Waals surface area contributed by atoms with E-state index in [9.17, 15) is 4.79 Å². The lowest BCUT2D eigenvalue weighted by Crippen LogP contribution is -2.33. The predicted molar refractivity (Wildman–Crippen MR) is 90.7 cm³/mol. The van der Waals surface area contributed by atoms with Gasteiger partial charge in [0.25, 0.3) is 0 Å². The van der Waals surface area contributed by atoms with Crippen molar-refractivity contribution in [2.45, 2.75) is 39.9 Å². The highest BCUT2D eigenvalue weighted by atomic mass is 16.7. The lowest BCUT2D eigenvalue weighted by atomic mass is 9.90. The molecule has 0 aliphatic carbocycles. The number of hydrogen-bond acceptors (Lipinski definition) is 4. The number of rotatable bonds is 11. The summed E-state index contributed by atoms with van der Waals surface area (Å²) >= 11 is 0. The molecule has 0 aliphatic heterocycles. The monoisotopic (exact) mass is 320 g/mol. The number of carbonyl (C=O) groups is 1. The Bertz CT molecular complexity index is 458. The van der Waals surface area contributed by atoms with E-state index in [1.165, 1.54) is 6.92 Å². The Morgan fingerprint density at radius 3 is 2.52 bits per heavy atom. The first-order valence-corrected chi connectivity index (χ1v) is 8.07. The summed E-state index contributed by atoms with van der Waals surface area (Å²) < 4.78 is 16.5. The van der Waals surface area contributed by atoms with Gasteiger partial charge in [-0.25, -0.2) is 0 Å². The summed E-state index contributed by atoms with van der Waals surface area (Å²) in [6.07, 6.45) is 2.50. The summed E-state index contributed by atoms with van der Waals surface area (Å²) in [6, 6.07) is 9.95. The lowest BCUT2D eigenvalue weighted by molar-refractivity contribution is -0.154. The van der Waals surface area contributed by atoms with Gasteiger partial charge in [-0.15, -0.1) is 6.58 Å². The van der Waals surface area contributed by atoms with E-state index >= 15 is 0 Å². The van der Waals surface area contributed by atoms with E-state index in [2.05, 4.69) is 13.5 Å². The summed E-state index contributed by atoms with van der Waals surface area (Å²) in [5, 5.41) is 0. The van der Waals surface area contributed by atoms with Crippen LogP contribution in [0.5, 0.6) is 0 Å². The molecule has 0 amide bonds. The Balaban J connectivity index is 2.35. The van der Waals surface area contributed by atoms with Crippen LogP contribution in [0.4, 0.5) is 0 Å². The molecular weight excluding hydrogens is 292 g/mol. The lowest BCUT2D eigenvalue weighted by Gasteiger charge is -2.28. The van der Waals surface area contributed by atoms with Crippen LogP contribution in [0.3, 0.4) is 0 Å². The maximum absolute atomic E-state index is 11.3. The molecule has 1 aromatic carbocycles. The summed E-state index contributed by atoms with van der Waals surface area (Å²) in [5.74, 6) is -0.0765. The number of benzene rings is 1. The first-order chi connectivity index (χ1) is 11.1. The molecule has 1 rings (SSSR count). The van der Waals surface area contributed by atoms with Crippen LogP contribution in [0.2, 0.25) is 0 Å². The molecule has 0 fully saturated rings. The summed E-state index contributed by atoms with van der Waals surface area (Å²) in [5.41, 5.74) is 1.11. The zero-order valence-corrected chi connectivity index (χ0v) is 14.4. The van der Waals surface area contributed by atoms with Gasteiger partial charge in [0.2, 0.25) is 0 Å². The van der Waals surface area contributed by atoms with E-state index in [0.717, 1.165) is 12.0 Å². The fraction of sp³-hybridized carbons (Fsp3) is 0.526. The molecule has 1 aromatic rings.